The molecule has 128 valence electrons. The van der Waals surface area contributed by atoms with E-state index < -0.39 is 5.91 Å². The standard InChI is InChI=1S/C19H17ClN2O3/c20-15-8-4-7-14-17(15)19(25)22(18(14)24)12-11-21-16(23)10-9-13-5-2-1-3-6-13/h1-8H,9-12H2,(H,21,23). The summed E-state index contributed by atoms with van der Waals surface area (Å²) < 4.78 is 0. The topological polar surface area (TPSA) is 66.5 Å². The van der Waals surface area contributed by atoms with Gasteiger partial charge in [-0.15, -0.1) is 0 Å². The zero-order valence-electron chi connectivity index (χ0n) is 13.5. The predicted molar refractivity (Wildman–Crippen MR) is 94.6 cm³/mol. The fraction of sp³-hybridized carbons (Fsp3) is 0.211. The van der Waals surface area contributed by atoms with Gasteiger partial charge in [0.15, 0.2) is 0 Å². The molecule has 1 heterocycles. The molecule has 0 unspecified atom stereocenters. The van der Waals surface area contributed by atoms with E-state index in [1.165, 1.54) is 0 Å². The monoisotopic (exact) mass is 356 g/mol. The Morgan fingerprint density at radius 3 is 2.48 bits per heavy atom. The maximum atomic E-state index is 12.3. The van der Waals surface area contributed by atoms with Gasteiger partial charge >= 0.3 is 0 Å². The molecule has 25 heavy (non-hydrogen) atoms. The van der Waals surface area contributed by atoms with E-state index >= 15 is 0 Å². The molecule has 6 heteroatoms. The molecule has 0 bridgehead atoms. The van der Waals surface area contributed by atoms with Crippen molar-refractivity contribution < 1.29 is 14.4 Å². The van der Waals surface area contributed by atoms with Crippen LogP contribution >= 0.6 is 11.6 Å². The number of fused-ring (bicyclic) bond motifs is 1. The molecule has 0 radical (unpaired) electrons. The molecule has 1 aliphatic rings. The SMILES string of the molecule is O=C(CCc1ccccc1)NCCN1C(=O)c2cccc(Cl)c2C1=O. The fourth-order valence-corrected chi connectivity index (χ4v) is 3.05. The highest BCUT2D eigenvalue weighted by Gasteiger charge is 2.36. The van der Waals surface area contributed by atoms with Gasteiger partial charge in [-0.1, -0.05) is 48.0 Å². The quantitative estimate of drug-likeness (QED) is 0.809. The molecule has 0 atom stereocenters. The van der Waals surface area contributed by atoms with Gasteiger partial charge in [-0.3, -0.25) is 19.3 Å². The first-order valence-electron chi connectivity index (χ1n) is 8.03. The van der Waals surface area contributed by atoms with Crippen LogP contribution in [-0.2, 0) is 11.2 Å². The predicted octanol–water partition coefficient (Wildman–Crippen LogP) is 2.69. The van der Waals surface area contributed by atoms with Crippen LogP contribution in [0, 0.1) is 0 Å². The van der Waals surface area contributed by atoms with E-state index in [0.717, 1.165) is 10.5 Å². The summed E-state index contributed by atoms with van der Waals surface area (Å²) in [6, 6.07) is 14.5. The maximum Gasteiger partial charge on any atom is 0.263 e. The lowest BCUT2D eigenvalue weighted by atomic mass is 10.1. The van der Waals surface area contributed by atoms with Crippen LogP contribution in [0.5, 0.6) is 0 Å². The van der Waals surface area contributed by atoms with Crippen molar-refractivity contribution >= 4 is 29.3 Å². The number of halogens is 1. The second-order valence-electron chi connectivity index (χ2n) is 5.76. The molecule has 0 aliphatic carbocycles. The molecule has 0 saturated heterocycles. The third-order valence-electron chi connectivity index (χ3n) is 4.09. The van der Waals surface area contributed by atoms with Gasteiger partial charge in [-0.25, -0.2) is 0 Å². The minimum Gasteiger partial charge on any atom is -0.354 e. The lowest BCUT2D eigenvalue weighted by Gasteiger charge is -2.14. The fourth-order valence-electron chi connectivity index (χ4n) is 2.79. The van der Waals surface area contributed by atoms with Gasteiger partial charge in [0.2, 0.25) is 5.91 Å². The number of rotatable bonds is 6. The lowest BCUT2D eigenvalue weighted by Crippen LogP contribution is -2.38. The Bertz CT molecular complexity index is 821. The summed E-state index contributed by atoms with van der Waals surface area (Å²) >= 11 is 6.01. The van der Waals surface area contributed by atoms with Crippen LogP contribution in [0.1, 0.15) is 32.7 Å². The molecular formula is C19H17ClN2O3. The molecule has 0 saturated carbocycles. The van der Waals surface area contributed by atoms with E-state index in [2.05, 4.69) is 5.32 Å². The molecule has 1 N–H and O–H groups in total. The van der Waals surface area contributed by atoms with Gasteiger partial charge in [0, 0.05) is 19.5 Å². The second-order valence-corrected chi connectivity index (χ2v) is 6.17. The normalized spacial score (nSPS) is 13.1. The molecule has 5 nitrogen and oxygen atoms in total. The van der Waals surface area contributed by atoms with E-state index in [1.807, 2.05) is 30.3 Å². The molecule has 3 rings (SSSR count). The van der Waals surface area contributed by atoms with Gasteiger partial charge in [-0.05, 0) is 24.1 Å². The summed E-state index contributed by atoms with van der Waals surface area (Å²) in [6.07, 6.45) is 1.01. The zero-order chi connectivity index (χ0) is 17.8. The van der Waals surface area contributed by atoms with E-state index in [4.69, 9.17) is 11.6 Å². The van der Waals surface area contributed by atoms with Crippen molar-refractivity contribution in [2.24, 2.45) is 0 Å². The average molecular weight is 357 g/mol. The number of nitrogens with zero attached hydrogens (tertiary/aromatic N) is 1. The molecule has 3 amide bonds. The van der Waals surface area contributed by atoms with Gasteiger partial charge < -0.3 is 5.32 Å². The van der Waals surface area contributed by atoms with Gasteiger partial charge in [0.25, 0.3) is 11.8 Å². The van der Waals surface area contributed by atoms with E-state index in [9.17, 15) is 14.4 Å². The Morgan fingerprint density at radius 1 is 1.00 bits per heavy atom. The van der Waals surface area contributed by atoms with Crippen molar-refractivity contribution in [2.45, 2.75) is 12.8 Å². The van der Waals surface area contributed by atoms with Crippen molar-refractivity contribution in [3.8, 4) is 0 Å². The summed E-state index contributed by atoms with van der Waals surface area (Å²) in [4.78, 5) is 37.6. The van der Waals surface area contributed by atoms with Crippen molar-refractivity contribution in [2.75, 3.05) is 13.1 Å². The van der Waals surface area contributed by atoms with Crippen LogP contribution < -0.4 is 5.32 Å². The number of hydrogen-bond acceptors (Lipinski definition) is 3. The van der Waals surface area contributed by atoms with Crippen molar-refractivity contribution in [1.82, 2.24) is 10.2 Å². The molecule has 0 spiro atoms. The number of aryl methyl sites for hydroxylation is 1. The van der Waals surface area contributed by atoms with Crippen LogP contribution in [0.25, 0.3) is 0 Å². The highest BCUT2D eigenvalue weighted by atomic mass is 35.5. The number of carbonyl (C=O) groups excluding carboxylic acids is 3. The third-order valence-corrected chi connectivity index (χ3v) is 4.40. The minimum absolute atomic E-state index is 0.113. The van der Waals surface area contributed by atoms with Crippen molar-refractivity contribution in [3.05, 3.63) is 70.2 Å². The number of amides is 3. The number of benzene rings is 2. The Labute approximate surface area is 150 Å². The summed E-state index contributed by atoms with van der Waals surface area (Å²) in [6.45, 7) is 0.344. The maximum absolute atomic E-state index is 12.3. The van der Waals surface area contributed by atoms with Crippen LogP contribution in [0.2, 0.25) is 5.02 Å². The zero-order valence-corrected chi connectivity index (χ0v) is 14.3. The smallest absolute Gasteiger partial charge is 0.263 e. The molecule has 0 fully saturated rings. The van der Waals surface area contributed by atoms with Gasteiger partial charge in [0.05, 0.1) is 16.1 Å². The van der Waals surface area contributed by atoms with Crippen LogP contribution in [0.15, 0.2) is 48.5 Å². The molecule has 2 aromatic rings. The molecule has 0 aromatic heterocycles. The van der Waals surface area contributed by atoms with Crippen molar-refractivity contribution in [3.63, 3.8) is 0 Å². The first-order valence-corrected chi connectivity index (χ1v) is 8.41. The Balaban J connectivity index is 1.50. The van der Waals surface area contributed by atoms with Gasteiger partial charge in [-0.2, -0.15) is 0 Å². The summed E-state index contributed by atoms with van der Waals surface area (Å²) in [7, 11) is 0. The van der Waals surface area contributed by atoms with Crippen molar-refractivity contribution in [1.29, 1.82) is 0 Å². The number of carbonyl (C=O) groups is 3. The number of imide groups is 1. The summed E-state index contributed by atoms with van der Waals surface area (Å²) in [5, 5.41) is 3.01. The minimum atomic E-state index is -0.413. The average Bonchev–Trinajstić information content (AvgIpc) is 2.87. The highest BCUT2D eigenvalue weighted by molar-refractivity contribution is 6.37. The Hall–Kier alpha value is -2.66. The Morgan fingerprint density at radius 2 is 1.76 bits per heavy atom. The first kappa shape index (κ1) is 17.2. The summed E-state index contributed by atoms with van der Waals surface area (Å²) in [5.74, 6) is -0.899. The van der Waals surface area contributed by atoms with Crippen LogP contribution in [0.4, 0.5) is 0 Å². The Kier molecular flexibility index (Phi) is 5.14. The number of hydrogen-bond donors (Lipinski definition) is 1. The molecular weight excluding hydrogens is 340 g/mol. The number of nitrogens with one attached hydrogen (secondary N) is 1. The van der Waals surface area contributed by atoms with E-state index in [1.54, 1.807) is 18.2 Å². The van der Waals surface area contributed by atoms with Crippen LogP contribution in [0.3, 0.4) is 0 Å². The van der Waals surface area contributed by atoms with Gasteiger partial charge in [0.1, 0.15) is 0 Å². The first-order chi connectivity index (χ1) is 12.1. The van der Waals surface area contributed by atoms with Crippen LogP contribution in [-0.4, -0.2) is 35.7 Å². The second kappa shape index (κ2) is 7.49. The third kappa shape index (κ3) is 3.72. The molecule has 1 aliphatic heterocycles. The molecule has 2 aromatic carbocycles. The highest BCUT2D eigenvalue weighted by Crippen LogP contribution is 2.28. The lowest BCUT2D eigenvalue weighted by molar-refractivity contribution is -0.121. The van der Waals surface area contributed by atoms with E-state index in [0.29, 0.717) is 18.4 Å². The largest absolute Gasteiger partial charge is 0.354 e. The summed E-state index contributed by atoms with van der Waals surface area (Å²) in [5.41, 5.74) is 1.64. The van der Waals surface area contributed by atoms with E-state index in [-0.39, 0.29) is 35.5 Å².